The molecule has 0 bridgehead atoms. The van der Waals surface area contributed by atoms with Gasteiger partial charge in [-0.3, -0.25) is 10.1 Å². The highest BCUT2D eigenvalue weighted by Gasteiger charge is 2.67. The Labute approximate surface area is 196 Å². The second kappa shape index (κ2) is 7.44. The van der Waals surface area contributed by atoms with Gasteiger partial charge in [-0.1, -0.05) is 0 Å². The number of rotatable bonds is 4. The van der Waals surface area contributed by atoms with Gasteiger partial charge in [-0.05, 0) is 37.3 Å². The number of nitrogens with two attached hydrogens (primary N) is 1. The number of hydrogen-bond acceptors (Lipinski definition) is 8. The summed E-state index contributed by atoms with van der Waals surface area (Å²) < 4.78 is 40.4. The Kier molecular flexibility index (Phi) is 4.69. The van der Waals surface area contributed by atoms with E-state index in [0.29, 0.717) is 24.2 Å². The molecule has 1 aliphatic heterocycles. The van der Waals surface area contributed by atoms with Crippen molar-refractivity contribution in [1.29, 1.82) is 0 Å². The van der Waals surface area contributed by atoms with E-state index in [2.05, 4.69) is 35.4 Å². The lowest BCUT2D eigenvalue weighted by Gasteiger charge is -2.26. The van der Waals surface area contributed by atoms with Crippen LogP contribution in [0.5, 0.6) is 0 Å². The zero-order valence-corrected chi connectivity index (χ0v) is 19.0. The molecular weight excluding hydrogens is 465 g/mol. The maximum Gasteiger partial charge on any atom is 0.434 e. The van der Waals surface area contributed by atoms with Crippen molar-refractivity contribution in [3.63, 3.8) is 0 Å². The van der Waals surface area contributed by atoms with Crippen LogP contribution in [-0.2, 0) is 11.6 Å². The van der Waals surface area contributed by atoms with Crippen LogP contribution < -0.4 is 10.6 Å². The predicted octanol–water partition coefficient (Wildman–Crippen LogP) is 3.55. The van der Waals surface area contributed by atoms with E-state index in [-0.39, 0.29) is 27.8 Å². The third-order valence-electron chi connectivity index (χ3n) is 7.10. The highest BCUT2D eigenvalue weighted by atomic mass is 32.1. The molecule has 34 heavy (non-hydrogen) atoms. The highest BCUT2D eigenvalue weighted by molar-refractivity contribution is 7.09. The van der Waals surface area contributed by atoms with Crippen molar-refractivity contribution in [1.82, 2.24) is 30.1 Å². The van der Waals surface area contributed by atoms with E-state index in [1.807, 2.05) is 6.92 Å². The summed E-state index contributed by atoms with van der Waals surface area (Å²) >= 11 is 1.68. The zero-order valence-electron chi connectivity index (χ0n) is 18.2. The van der Waals surface area contributed by atoms with Crippen molar-refractivity contribution in [2.24, 2.45) is 17.6 Å². The number of piperidine rings is 1. The number of aromatic amines is 1. The van der Waals surface area contributed by atoms with E-state index >= 15 is 0 Å². The summed E-state index contributed by atoms with van der Waals surface area (Å²) in [5.41, 5.74) is 6.78. The molecule has 1 saturated carbocycles. The molecule has 0 amide bonds. The Bertz CT molecular complexity index is 1380. The van der Waals surface area contributed by atoms with Crippen LogP contribution in [0.15, 0.2) is 29.9 Å². The molecule has 2 aliphatic rings. The maximum atomic E-state index is 13.5. The van der Waals surface area contributed by atoms with Crippen molar-refractivity contribution in [2.45, 2.75) is 24.9 Å². The van der Waals surface area contributed by atoms with E-state index in [9.17, 15) is 13.2 Å². The molecule has 176 valence electrons. The molecule has 0 aromatic carbocycles. The highest BCUT2D eigenvalue weighted by Crippen LogP contribution is 2.63. The molecule has 4 aromatic rings. The van der Waals surface area contributed by atoms with Crippen molar-refractivity contribution in [3.8, 4) is 11.3 Å². The fourth-order valence-electron chi connectivity index (χ4n) is 5.42. The third-order valence-corrected chi connectivity index (χ3v) is 8.26. The molecule has 0 radical (unpaired) electrons. The van der Waals surface area contributed by atoms with Crippen LogP contribution in [0.3, 0.4) is 0 Å². The van der Waals surface area contributed by atoms with Crippen LogP contribution in [0, 0.1) is 18.8 Å². The first-order valence-electron chi connectivity index (χ1n) is 10.9. The summed E-state index contributed by atoms with van der Waals surface area (Å²) in [5, 5.41) is 10.0. The number of H-pyrrole nitrogens is 1. The Morgan fingerprint density at radius 1 is 1.26 bits per heavy atom. The molecule has 3 N–H and O–H groups in total. The lowest BCUT2D eigenvalue weighted by atomic mass is 10.0. The van der Waals surface area contributed by atoms with Gasteiger partial charge < -0.3 is 10.6 Å². The van der Waals surface area contributed by atoms with Gasteiger partial charge in [0.15, 0.2) is 5.69 Å². The van der Waals surface area contributed by atoms with Gasteiger partial charge in [0.1, 0.15) is 16.3 Å². The van der Waals surface area contributed by atoms with Gasteiger partial charge in [-0.15, -0.1) is 11.3 Å². The Morgan fingerprint density at radius 3 is 2.85 bits per heavy atom. The number of nitrogens with one attached hydrogen (secondary N) is 1. The molecule has 1 saturated heterocycles. The summed E-state index contributed by atoms with van der Waals surface area (Å²) in [6.45, 7) is 4.13. The average molecular weight is 487 g/mol. The lowest BCUT2D eigenvalue weighted by molar-refractivity contribution is -0.140. The number of halogens is 3. The molecule has 6 rings (SSSR count). The summed E-state index contributed by atoms with van der Waals surface area (Å²) in [6.07, 6.45) is -0.909. The third kappa shape index (κ3) is 3.12. The number of anilines is 1. The average Bonchev–Trinajstić information content (AvgIpc) is 3.09. The topological polar surface area (TPSA) is 110 Å². The van der Waals surface area contributed by atoms with Gasteiger partial charge in [-0.25, -0.2) is 15.0 Å². The first kappa shape index (κ1) is 21.4. The van der Waals surface area contributed by atoms with Gasteiger partial charge in [0.2, 0.25) is 5.65 Å². The predicted molar refractivity (Wildman–Crippen MR) is 121 cm³/mol. The smallest absolute Gasteiger partial charge is 0.355 e. The second-order valence-electron chi connectivity index (χ2n) is 8.88. The SMILES string of the molecule is Cc1csc([C@@]2(CN)[C@@H]3CCN(c4cnc5c(-c6cccnc6C(F)(F)F)[nH]nc5n4)C[C@@H]32)n1. The van der Waals surface area contributed by atoms with Gasteiger partial charge in [0.25, 0.3) is 0 Å². The maximum absolute atomic E-state index is 13.5. The Morgan fingerprint density at radius 2 is 2.12 bits per heavy atom. The van der Waals surface area contributed by atoms with Gasteiger partial charge in [0.05, 0.1) is 11.9 Å². The Hall–Kier alpha value is -3.12. The lowest BCUT2D eigenvalue weighted by Crippen LogP contribution is -2.32. The normalized spacial score (nSPS) is 24.4. The molecule has 8 nitrogen and oxygen atoms in total. The molecule has 0 unspecified atom stereocenters. The van der Waals surface area contributed by atoms with E-state index in [4.69, 9.17) is 10.7 Å². The number of nitrogens with zero attached hydrogens (tertiary/aromatic N) is 6. The van der Waals surface area contributed by atoms with Crippen molar-refractivity contribution in [2.75, 3.05) is 24.5 Å². The van der Waals surface area contributed by atoms with Crippen LogP contribution >= 0.6 is 11.3 Å². The standard InChI is InChI=1S/C22H21F3N8S/c1-11-9-34-20(29-11)21(10-26)13-4-6-33(8-14(13)21)15-7-28-17-16(31-32-19(17)30-15)12-3-2-5-27-18(12)22(23,24)25/h2-3,5,7,9,13-14H,4,6,8,10,26H2,1H3,(H,30,31,32)/t13-,14+,21+/m1/s1. The number of fused-ring (bicyclic) bond motifs is 2. The minimum atomic E-state index is -4.60. The Balaban J connectivity index is 1.30. The van der Waals surface area contributed by atoms with Crippen LogP contribution in [0.1, 0.15) is 22.8 Å². The van der Waals surface area contributed by atoms with Crippen LogP contribution in [0.2, 0.25) is 0 Å². The van der Waals surface area contributed by atoms with Gasteiger partial charge >= 0.3 is 6.18 Å². The van der Waals surface area contributed by atoms with Crippen LogP contribution in [0.4, 0.5) is 19.0 Å². The zero-order chi connectivity index (χ0) is 23.7. The fraction of sp³-hybridized carbons (Fsp3) is 0.409. The summed E-state index contributed by atoms with van der Waals surface area (Å²) in [6, 6.07) is 2.80. The van der Waals surface area contributed by atoms with Crippen molar-refractivity contribution in [3.05, 3.63) is 46.3 Å². The van der Waals surface area contributed by atoms with Crippen LogP contribution in [0.25, 0.3) is 22.4 Å². The molecule has 5 heterocycles. The van der Waals surface area contributed by atoms with E-state index in [1.54, 1.807) is 17.5 Å². The first-order valence-corrected chi connectivity index (χ1v) is 11.8. The summed E-state index contributed by atoms with van der Waals surface area (Å²) in [5.74, 6) is 1.53. The first-order chi connectivity index (χ1) is 16.3. The molecular formula is C22H21F3N8S. The van der Waals surface area contributed by atoms with E-state index in [1.165, 1.54) is 12.1 Å². The number of pyridine rings is 1. The quantitative estimate of drug-likeness (QED) is 0.454. The van der Waals surface area contributed by atoms with E-state index in [0.717, 1.165) is 36.4 Å². The van der Waals surface area contributed by atoms with Gasteiger partial charge in [0, 0.05) is 47.9 Å². The number of thiazole rings is 1. The minimum Gasteiger partial charge on any atom is -0.355 e. The number of aryl methyl sites for hydroxylation is 1. The fourth-order valence-corrected chi connectivity index (χ4v) is 6.56. The molecule has 1 aliphatic carbocycles. The van der Waals surface area contributed by atoms with Gasteiger partial charge in [-0.2, -0.15) is 18.3 Å². The summed E-state index contributed by atoms with van der Waals surface area (Å²) in [4.78, 5) is 19.5. The second-order valence-corrected chi connectivity index (χ2v) is 9.74. The number of hydrogen-bond donors (Lipinski definition) is 2. The minimum absolute atomic E-state index is 0.0843. The largest absolute Gasteiger partial charge is 0.434 e. The molecule has 4 aromatic heterocycles. The van der Waals surface area contributed by atoms with Crippen molar-refractivity contribution < 1.29 is 13.2 Å². The summed E-state index contributed by atoms with van der Waals surface area (Å²) in [7, 11) is 0. The monoisotopic (exact) mass is 486 g/mol. The van der Waals surface area contributed by atoms with Crippen LogP contribution in [-0.4, -0.2) is 49.8 Å². The number of alkyl halides is 3. The number of aromatic nitrogens is 6. The van der Waals surface area contributed by atoms with E-state index < -0.39 is 11.9 Å². The molecule has 12 heteroatoms. The molecule has 2 fully saturated rings. The van der Waals surface area contributed by atoms with Crippen molar-refractivity contribution >= 4 is 28.3 Å². The molecule has 3 atom stereocenters. The molecule has 0 spiro atoms.